The number of halogens is 2. The van der Waals surface area contributed by atoms with E-state index in [2.05, 4.69) is 4.98 Å². The van der Waals surface area contributed by atoms with Crippen LogP contribution in [-0.4, -0.2) is 20.6 Å². The molecule has 26 heavy (non-hydrogen) atoms. The molecule has 134 valence electrons. The largest absolute Gasteiger partial charge is 0.481 e. The molecule has 0 bridgehead atoms. The first-order chi connectivity index (χ1) is 12.4. The second-order valence-electron chi connectivity index (χ2n) is 5.81. The summed E-state index contributed by atoms with van der Waals surface area (Å²) in [5, 5.41) is 10.6. The summed E-state index contributed by atoms with van der Waals surface area (Å²) in [6.45, 7) is 2.24. The van der Waals surface area contributed by atoms with Crippen LogP contribution >= 0.6 is 23.2 Å². The first kappa shape index (κ1) is 18.4. The van der Waals surface area contributed by atoms with Crippen molar-refractivity contribution < 1.29 is 9.90 Å². The molecule has 5 nitrogen and oxygen atoms in total. The van der Waals surface area contributed by atoms with Crippen LogP contribution in [0.3, 0.4) is 0 Å². The highest BCUT2D eigenvalue weighted by Gasteiger charge is 2.19. The molecule has 1 N–H and O–H groups in total. The summed E-state index contributed by atoms with van der Waals surface area (Å²) in [6, 6.07) is 10.6. The number of aryl methyl sites for hydroxylation is 1. The normalized spacial score (nSPS) is 11.0. The fraction of sp³-hybridized carbons (Fsp3) is 0.211. The standard InChI is InChI=1S/C19H16Cl2N2O3/c1-2-23-18-13(6-8-15(21)22-18)17(11-4-3-5-12(20)10-11)14(19(23)26)7-9-16(24)25/h3-6,8,10H,2,7,9H2,1H3,(H,24,25). The highest BCUT2D eigenvalue weighted by atomic mass is 35.5. The number of aliphatic carboxylic acids is 1. The lowest BCUT2D eigenvalue weighted by Crippen LogP contribution is -2.26. The van der Waals surface area contributed by atoms with Gasteiger partial charge in [-0.05, 0) is 43.2 Å². The minimum Gasteiger partial charge on any atom is -0.481 e. The highest BCUT2D eigenvalue weighted by Crippen LogP contribution is 2.32. The summed E-state index contributed by atoms with van der Waals surface area (Å²) in [6.07, 6.45) is -0.0202. The van der Waals surface area contributed by atoms with Gasteiger partial charge in [0.25, 0.3) is 5.56 Å². The van der Waals surface area contributed by atoms with Gasteiger partial charge in [-0.1, -0.05) is 35.3 Å². The lowest BCUT2D eigenvalue weighted by molar-refractivity contribution is -0.136. The Morgan fingerprint density at radius 3 is 2.65 bits per heavy atom. The summed E-state index contributed by atoms with van der Waals surface area (Å²) in [7, 11) is 0. The lowest BCUT2D eigenvalue weighted by atomic mass is 9.94. The molecule has 0 saturated heterocycles. The van der Waals surface area contributed by atoms with E-state index in [1.807, 2.05) is 13.0 Å². The van der Waals surface area contributed by atoms with E-state index in [1.165, 1.54) is 4.57 Å². The van der Waals surface area contributed by atoms with Gasteiger partial charge >= 0.3 is 5.97 Å². The Morgan fingerprint density at radius 2 is 2.00 bits per heavy atom. The molecule has 0 saturated carbocycles. The lowest BCUT2D eigenvalue weighted by Gasteiger charge is -2.17. The summed E-state index contributed by atoms with van der Waals surface area (Å²) < 4.78 is 1.52. The van der Waals surface area contributed by atoms with E-state index in [-0.39, 0.29) is 23.6 Å². The van der Waals surface area contributed by atoms with E-state index >= 15 is 0 Å². The van der Waals surface area contributed by atoms with Gasteiger partial charge in [-0.3, -0.25) is 14.2 Å². The summed E-state index contributed by atoms with van der Waals surface area (Å²) in [4.78, 5) is 28.5. The molecule has 0 atom stereocenters. The van der Waals surface area contributed by atoms with Gasteiger partial charge in [-0.25, -0.2) is 4.98 Å². The van der Waals surface area contributed by atoms with E-state index in [4.69, 9.17) is 28.3 Å². The van der Waals surface area contributed by atoms with Gasteiger partial charge in [0.05, 0.1) is 0 Å². The van der Waals surface area contributed by atoms with Gasteiger partial charge in [0.15, 0.2) is 0 Å². The molecule has 0 unspecified atom stereocenters. The fourth-order valence-corrected chi connectivity index (χ4v) is 3.42. The van der Waals surface area contributed by atoms with E-state index in [0.717, 1.165) is 10.9 Å². The van der Waals surface area contributed by atoms with Gasteiger partial charge in [0, 0.05) is 34.5 Å². The third kappa shape index (κ3) is 3.45. The Morgan fingerprint density at radius 1 is 1.23 bits per heavy atom. The fourth-order valence-electron chi connectivity index (χ4n) is 3.09. The molecular weight excluding hydrogens is 375 g/mol. The maximum atomic E-state index is 13.1. The number of benzene rings is 1. The topological polar surface area (TPSA) is 72.2 Å². The molecule has 0 aliphatic heterocycles. The molecule has 0 radical (unpaired) electrons. The summed E-state index contributed by atoms with van der Waals surface area (Å²) in [5.41, 5.74) is 2.05. The van der Waals surface area contributed by atoms with Crippen molar-refractivity contribution in [1.29, 1.82) is 0 Å². The zero-order valence-electron chi connectivity index (χ0n) is 14.0. The number of carboxylic acids is 1. The van der Waals surface area contributed by atoms with Crippen LogP contribution in [0.25, 0.3) is 22.2 Å². The van der Waals surface area contributed by atoms with Crippen molar-refractivity contribution >= 4 is 40.2 Å². The molecule has 7 heteroatoms. The highest BCUT2D eigenvalue weighted by molar-refractivity contribution is 6.31. The Bertz CT molecular complexity index is 1060. The molecule has 0 aliphatic rings. The molecule has 3 aromatic rings. The summed E-state index contributed by atoms with van der Waals surface area (Å²) >= 11 is 12.2. The second kappa shape index (κ2) is 7.48. The number of nitrogens with zero attached hydrogens (tertiary/aromatic N) is 2. The minimum atomic E-state index is -0.959. The number of hydrogen-bond acceptors (Lipinski definition) is 3. The van der Waals surface area contributed by atoms with E-state index < -0.39 is 5.97 Å². The molecule has 1 aromatic carbocycles. The minimum absolute atomic E-state index is 0.120. The van der Waals surface area contributed by atoms with Crippen molar-refractivity contribution in [3.05, 3.63) is 62.5 Å². The van der Waals surface area contributed by atoms with Crippen LogP contribution in [0.1, 0.15) is 18.9 Å². The van der Waals surface area contributed by atoms with Gasteiger partial charge in [0.1, 0.15) is 10.8 Å². The molecule has 2 heterocycles. The number of carboxylic acid groups (broad SMARTS) is 1. The van der Waals surface area contributed by atoms with Gasteiger partial charge in [0.2, 0.25) is 0 Å². The predicted octanol–water partition coefficient (Wildman–Crippen LogP) is 4.41. The number of aromatic nitrogens is 2. The zero-order chi connectivity index (χ0) is 18.8. The van der Waals surface area contributed by atoms with Gasteiger partial charge < -0.3 is 5.11 Å². The average molecular weight is 391 g/mol. The average Bonchev–Trinajstić information content (AvgIpc) is 2.59. The predicted molar refractivity (Wildman–Crippen MR) is 103 cm³/mol. The Hall–Kier alpha value is -2.37. The first-order valence-electron chi connectivity index (χ1n) is 8.12. The molecule has 3 rings (SSSR count). The van der Waals surface area contributed by atoms with Crippen LogP contribution in [-0.2, 0) is 17.8 Å². The second-order valence-corrected chi connectivity index (χ2v) is 6.64. The zero-order valence-corrected chi connectivity index (χ0v) is 15.5. The molecule has 0 aliphatic carbocycles. The Balaban J connectivity index is 2.43. The molecule has 0 amide bonds. The smallest absolute Gasteiger partial charge is 0.303 e. The maximum absolute atomic E-state index is 13.1. The number of carbonyl (C=O) groups is 1. The SMILES string of the molecule is CCn1c(=O)c(CCC(=O)O)c(-c2cccc(Cl)c2)c2ccc(Cl)nc21. The van der Waals surface area contributed by atoms with Crippen molar-refractivity contribution in [3.63, 3.8) is 0 Å². The molecular formula is C19H16Cl2N2O3. The van der Waals surface area contributed by atoms with Crippen molar-refractivity contribution in [2.24, 2.45) is 0 Å². The van der Waals surface area contributed by atoms with Crippen molar-refractivity contribution in [1.82, 2.24) is 9.55 Å². The van der Waals surface area contributed by atoms with Crippen LogP contribution in [0.15, 0.2) is 41.2 Å². The quantitative estimate of drug-likeness (QED) is 0.654. The number of rotatable bonds is 5. The van der Waals surface area contributed by atoms with Crippen molar-refractivity contribution in [2.45, 2.75) is 26.3 Å². The van der Waals surface area contributed by atoms with Crippen LogP contribution in [0, 0.1) is 0 Å². The van der Waals surface area contributed by atoms with Crippen molar-refractivity contribution in [3.8, 4) is 11.1 Å². The first-order valence-corrected chi connectivity index (χ1v) is 8.87. The number of fused-ring (bicyclic) bond motifs is 1. The van der Waals surface area contributed by atoms with Gasteiger partial charge in [-0.15, -0.1) is 0 Å². The molecule has 0 spiro atoms. The van der Waals surface area contributed by atoms with E-state index in [1.54, 1.807) is 30.3 Å². The van der Waals surface area contributed by atoms with Crippen LogP contribution < -0.4 is 5.56 Å². The van der Waals surface area contributed by atoms with Crippen LogP contribution in [0.4, 0.5) is 0 Å². The maximum Gasteiger partial charge on any atom is 0.303 e. The third-order valence-electron chi connectivity index (χ3n) is 4.19. The Labute approximate surface area is 159 Å². The number of hydrogen-bond donors (Lipinski definition) is 1. The Kier molecular flexibility index (Phi) is 5.30. The third-order valence-corrected chi connectivity index (χ3v) is 4.64. The van der Waals surface area contributed by atoms with E-state index in [9.17, 15) is 9.59 Å². The van der Waals surface area contributed by atoms with Gasteiger partial charge in [-0.2, -0.15) is 0 Å². The van der Waals surface area contributed by atoms with Crippen molar-refractivity contribution in [2.75, 3.05) is 0 Å². The summed E-state index contributed by atoms with van der Waals surface area (Å²) in [5.74, 6) is -0.959. The van der Waals surface area contributed by atoms with Crippen LogP contribution in [0.2, 0.25) is 10.2 Å². The monoisotopic (exact) mass is 390 g/mol. The molecule has 0 fully saturated rings. The van der Waals surface area contributed by atoms with Crippen LogP contribution in [0.5, 0.6) is 0 Å². The molecule has 2 aromatic heterocycles. The van der Waals surface area contributed by atoms with E-state index in [0.29, 0.717) is 28.3 Å². The number of pyridine rings is 2.